The lowest BCUT2D eigenvalue weighted by Crippen LogP contribution is -2.43. The van der Waals surface area contributed by atoms with Crippen molar-refractivity contribution in [2.45, 2.75) is 25.1 Å². The van der Waals surface area contributed by atoms with E-state index >= 15 is 0 Å². The van der Waals surface area contributed by atoms with Gasteiger partial charge in [0, 0.05) is 18.0 Å². The van der Waals surface area contributed by atoms with Crippen LogP contribution in [0, 0.1) is 0 Å². The molecule has 0 bridgehead atoms. The third-order valence-electron chi connectivity index (χ3n) is 3.04. The SMILES string of the molecule is C=CCN(Cc1ccc(Cl)s1)C(=O)C1CC(O)CN1. The first-order valence-corrected chi connectivity index (χ1v) is 7.35. The highest BCUT2D eigenvalue weighted by Crippen LogP contribution is 2.23. The number of nitrogens with one attached hydrogen (secondary N) is 1. The summed E-state index contributed by atoms with van der Waals surface area (Å²) in [4.78, 5) is 15.1. The van der Waals surface area contributed by atoms with E-state index in [0.717, 1.165) is 9.21 Å². The van der Waals surface area contributed by atoms with Crippen LogP contribution in [0.25, 0.3) is 0 Å². The molecule has 0 saturated carbocycles. The standard InChI is InChI=1S/C13H17ClN2O2S/c1-2-5-16(8-10-3-4-12(14)19-10)13(18)11-6-9(17)7-15-11/h2-4,9,11,15,17H,1,5-8H2. The number of carbonyl (C=O) groups is 1. The number of hydrogen-bond acceptors (Lipinski definition) is 4. The highest BCUT2D eigenvalue weighted by atomic mass is 35.5. The van der Waals surface area contributed by atoms with Crippen molar-refractivity contribution >= 4 is 28.8 Å². The minimum Gasteiger partial charge on any atom is -0.392 e. The minimum atomic E-state index is -0.435. The lowest BCUT2D eigenvalue weighted by Gasteiger charge is -2.23. The van der Waals surface area contributed by atoms with E-state index in [-0.39, 0.29) is 11.9 Å². The second-order valence-electron chi connectivity index (χ2n) is 4.56. The fourth-order valence-electron chi connectivity index (χ4n) is 2.14. The minimum absolute atomic E-state index is 0.000900. The van der Waals surface area contributed by atoms with Crippen molar-refractivity contribution in [1.82, 2.24) is 10.2 Å². The first-order chi connectivity index (χ1) is 9.10. The summed E-state index contributed by atoms with van der Waals surface area (Å²) in [6.07, 6.45) is 1.74. The topological polar surface area (TPSA) is 52.6 Å². The maximum atomic E-state index is 12.4. The second-order valence-corrected chi connectivity index (χ2v) is 6.36. The first-order valence-electron chi connectivity index (χ1n) is 6.15. The smallest absolute Gasteiger partial charge is 0.240 e. The van der Waals surface area contributed by atoms with Gasteiger partial charge in [0.2, 0.25) is 5.91 Å². The molecule has 1 aromatic heterocycles. The molecule has 1 aromatic rings. The highest BCUT2D eigenvalue weighted by Gasteiger charge is 2.31. The molecule has 2 atom stereocenters. The third-order valence-corrected chi connectivity index (χ3v) is 4.26. The molecule has 1 aliphatic heterocycles. The number of nitrogens with zero attached hydrogens (tertiary/aromatic N) is 1. The van der Waals surface area contributed by atoms with Gasteiger partial charge in [-0.1, -0.05) is 17.7 Å². The summed E-state index contributed by atoms with van der Waals surface area (Å²) < 4.78 is 0.718. The van der Waals surface area contributed by atoms with Crippen LogP contribution < -0.4 is 5.32 Å². The number of aliphatic hydroxyl groups is 1. The highest BCUT2D eigenvalue weighted by molar-refractivity contribution is 7.16. The Bertz CT molecular complexity index is 463. The molecule has 0 spiro atoms. The molecule has 2 rings (SSSR count). The zero-order valence-corrected chi connectivity index (χ0v) is 12.1. The molecule has 6 heteroatoms. The zero-order valence-electron chi connectivity index (χ0n) is 10.5. The average Bonchev–Trinajstić information content (AvgIpc) is 2.97. The molecule has 2 unspecified atom stereocenters. The van der Waals surface area contributed by atoms with E-state index in [4.69, 9.17) is 11.6 Å². The number of aliphatic hydroxyl groups excluding tert-OH is 1. The quantitative estimate of drug-likeness (QED) is 0.813. The first kappa shape index (κ1) is 14.5. The molecular weight excluding hydrogens is 284 g/mol. The fourth-order valence-corrected chi connectivity index (χ4v) is 3.24. The van der Waals surface area contributed by atoms with E-state index in [0.29, 0.717) is 26.1 Å². The lowest BCUT2D eigenvalue weighted by molar-refractivity contribution is -0.133. The molecule has 1 fully saturated rings. The van der Waals surface area contributed by atoms with Crippen molar-refractivity contribution in [1.29, 1.82) is 0 Å². The van der Waals surface area contributed by atoms with E-state index < -0.39 is 6.10 Å². The average molecular weight is 301 g/mol. The van der Waals surface area contributed by atoms with E-state index in [1.807, 2.05) is 12.1 Å². The van der Waals surface area contributed by atoms with Crippen LogP contribution in [-0.4, -0.2) is 41.1 Å². The van der Waals surface area contributed by atoms with Crippen LogP contribution >= 0.6 is 22.9 Å². The van der Waals surface area contributed by atoms with Gasteiger partial charge in [-0.2, -0.15) is 0 Å². The Hall–Kier alpha value is -0.880. The Morgan fingerprint density at radius 3 is 3.00 bits per heavy atom. The monoisotopic (exact) mass is 300 g/mol. The summed E-state index contributed by atoms with van der Waals surface area (Å²) in [5.74, 6) is 0.000900. The van der Waals surface area contributed by atoms with Crippen molar-refractivity contribution in [3.8, 4) is 0 Å². The van der Waals surface area contributed by atoms with Crippen LogP contribution in [0.3, 0.4) is 0 Å². The number of rotatable bonds is 5. The van der Waals surface area contributed by atoms with Crippen LogP contribution in [0.4, 0.5) is 0 Å². The Balaban J connectivity index is 2.02. The van der Waals surface area contributed by atoms with E-state index in [2.05, 4.69) is 11.9 Å². The van der Waals surface area contributed by atoms with Gasteiger partial charge in [0.25, 0.3) is 0 Å². The molecule has 4 nitrogen and oxygen atoms in total. The number of thiophene rings is 1. The van der Waals surface area contributed by atoms with Crippen LogP contribution in [0.5, 0.6) is 0 Å². The second kappa shape index (κ2) is 6.52. The molecular formula is C13H17ClN2O2S. The fraction of sp³-hybridized carbons (Fsp3) is 0.462. The zero-order chi connectivity index (χ0) is 13.8. The number of carbonyl (C=O) groups excluding carboxylic acids is 1. The lowest BCUT2D eigenvalue weighted by atomic mass is 10.1. The van der Waals surface area contributed by atoms with E-state index in [9.17, 15) is 9.90 Å². The normalized spacial score (nSPS) is 22.4. The summed E-state index contributed by atoms with van der Waals surface area (Å²) in [5, 5.41) is 12.5. The van der Waals surface area contributed by atoms with Crippen molar-refractivity contribution in [2.24, 2.45) is 0 Å². The maximum Gasteiger partial charge on any atom is 0.240 e. The Morgan fingerprint density at radius 2 is 2.47 bits per heavy atom. The predicted octanol–water partition coefficient (Wildman–Crippen LogP) is 1.64. The van der Waals surface area contributed by atoms with Crippen molar-refractivity contribution in [3.05, 3.63) is 34.0 Å². The number of halogens is 1. The van der Waals surface area contributed by atoms with Gasteiger partial charge in [-0.05, 0) is 18.6 Å². The van der Waals surface area contributed by atoms with Gasteiger partial charge in [-0.15, -0.1) is 17.9 Å². The van der Waals surface area contributed by atoms with Crippen LogP contribution in [0.15, 0.2) is 24.8 Å². The summed E-state index contributed by atoms with van der Waals surface area (Å²) >= 11 is 7.37. The molecule has 2 heterocycles. The molecule has 1 saturated heterocycles. The van der Waals surface area contributed by atoms with Gasteiger partial charge in [-0.25, -0.2) is 0 Å². The van der Waals surface area contributed by atoms with E-state index in [1.165, 1.54) is 11.3 Å². The molecule has 1 amide bonds. The van der Waals surface area contributed by atoms with E-state index in [1.54, 1.807) is 11.0 Å². The molecule has 2 N–H and O–H groups in total. The summed E-state index contributed by atoms with van der Waals surface area (Å²) in [6, 6.07) is 3.45. The third kappa shape index (κ3) is 3.79. The van der Waals surface area contributed by atoms with Gasteiger partial charge in [0.15, 0.2) is 0 Å². The van der Waals surface area contributed by atoms with Gasteiger partial charge >= 0.3 is 0 Å². The van der Waals surface area contributed by atoms with Crippen molar-refractivity contribution in [3.63, 3.8) is 0 Å². The largest absolute Gasteiger partial charge is 0.392 e. The number of β-amino-alcohol motifs (C(OH)–C–C–N with tert-alkyl or cyclic N) is 1. The van der Waals surface area contributed by atoms with Crippen LogP contribution in [0.1, 0.15) is 11.3 Å². The number of amides is 1. The van der Waals surface area contributed by atoms with Gasteiger partial charge in [0.05, 0.1) is 23.0 Å². The van der Waals surface area contributed by atoms with Gasteiger partial charge in [0.1, 0.15) is 0 Å². The summed E-state index contributed by atoms with van der Waals surface area (Å²) in [6.45, 7) is 5.17. The summed E-state index contributed by atoms with van der Waals surface area (Å²) in [5.41, 5.74) is 0. The van der Waals surface area contributed by atoms with Crippen molar-refractivity contribution in [2.75, 3.05) is 13.1 Å². The van der Waals surface area contributed by atoms with Crippen molar-refractivity contribution < 1.29 is 9.90 Å². The Morgan fingerprint density at radius 1 is 1.68 bits per heavy atom. The maximum absolute atomic E-state index is 12.4. The van der Waals surface area contributed by atoms with Crippen LogP contribution in [0.2, 0.25) is 4.34 Å². The Kier molecular flexibility index (Phi) is 4.99. The molecule has 1 aliphatic rings. The molecule has 0 aliphatic carbocycles. The molecule has 0 radical (unpaired) electrons. The molecule has 19 heavy (non-hydrogen) atoms. The van der Waals surface area contributed by atoms with Gasteiger partial charge in [-0.3, -0.25) is 4.79 Å². The van der Waals surface area contributed by atoms with Gasteiger partial charge < -0.3 is 15.3 Å². The number of hydrogen-bond donors (Lipinski definition) is 2. The molecule has 104 valence electrons. The Labute approximate surface area is 121 Å². The summed E-state index contributed by atoms with van der Waals surface area (Å²) in [7, 11) is 0. The molecule has 0 aromatic carbocycles. The predicted molar refractivity (Wildman–Crippen MR) is 77.4 cm³/mol. The van der Waals surface area contributed by atoms with Crippen LogP contribution in [-0.2, 0) is 11.3 Å².